The van der Waals surface area contributed by atoms with Gasteiger partial charge in [-0.05, 0) is 55.2 Å². The second-order valence-corrected chi connectivity index (χ2v) is 7.55. The maximum Gasteiger partial charge on any atom is 0.227 e. The van der Waals surface area contributed by atoms with E-state index < -0.39 is 0 Å². The van der Waals surface area contributed by atoms with Crippen molar-refractivity contribution < 1.29 is 9.53 Å². The monoisotopic (exact) mass is 402 g/mol. The second-order valence-electron chi connectivity index (χ2n) is 7.55. The Morgan fingerprint density at radius 3 is 2.50 bits per heavy atom. The highest BCUT2D eigenvalue weighted by Gasteiger charge is 2.26. The summed E-state index contributed by atoms with van der Waals surface area (Å²) >= 11 is 0. The molecule has 0 bridgehead atoms. The van der Waals surface area contributed by atoms with Crippen LogP contribution in [0.4, 0.5) is 11.6 Å². The lowest BCUT2D eigenvalue weighted by atomic mass is 9.96. The van der Waals surface area contributed by atoms with Gasteiger partial charge in [0.05, 0.1) is 0 Å². The first-order chi connectivity index (χ1) is 14.7. The molecule has 1 aliphatic rings. The number of anilines is 2. The number of hydrogen-bond donors (Lipinski definition) is 1. The standard InChI is InChI=1S/C24H26N4O2/c1-18-16-21(30-17-19-6-3-2-4-7-19)8-9-22(18)27-23(29)20-10-14-28(15-11-20)24-25-12-5-13-26-24/h2-9,12-13,16,20H,10-11,14-15,17H2,1H3,(H,27,29). The molecule has 1 aliphatic heterocycles. The molecule has 1 fully saturated rings. The first kappa shape index (κ1) is 19.9. The van der Waals surface area contributed by atoms with Crippen LogP contribution in [0.1, 0.15) is 24.0 Å². The fraction of sp³-hybridized carbons (Fsp3) is 0.292. The van der Waals surface area contributed by atoms with Crippen LogP contribution in [0.3, 0.4) is 0 Å². The number of piperidine rings is 1. The van der Waals surface area contributed by atoms with Crippen molar-refractivity contribution in [3.63, 3.8) is 0 Å². The fourth-order valence-corrected chi connectivity index (χ4v) is 3.64. The topological polar surface area (TPSA) is 67.3 Å². The largest absolute Gasteiger partial charge is 0.489 e. The Bertz CT molecular complexity index is 971. The predicted molar refractivity (Wildman–Crippen MR) is 118 cm³/mol. The van der Waals surface area contributed by atoms with E-state index in [1.54, 1.807) is 12.4 Å². The number of benzene rings is 2. The van der Waals surface area contributed by atoms with Crippen LogP contribution in [-0.4, -0.2) is 29.0 Å². The third-order valence-corrected chi connectivity index (χ3v) is 5.40. The van der Waals surface area contributed by atoms with E-state index >= 15 is 0 Å². The molecule has 0 aliphatic carbocycles. The zero-order valence-corrected chi connectivity index (χ0v) is 17.1. The van der Waals surface area contributed by atoms with E-state index in [0.717, 1.165) is 54.4 Å². The predicted octanol–water partition coefficient (Wildman–Crippen LogP) is 4.22. The number of ether oxygens (including phenoxy) is 1. The molecule has 0 atom stereocenters. The average Bonchev–Trinajstić information content (AvgIpc) is 2.80. The van der Waals surface area contributed by atoms with E-state index in [9.17, 15) is 4.79 Å². The lowest BCUT2D eigenvalue weighted by Crippen LogP contribution is -2.39. The van der Waals surface area contributed by atoms with Gasteiger partial charge in [0.2, 0.25) is 11.9 Å². The molecule has 3 aromatic rings. The number of nitrogens with zero attached hydrogens (tertiary/aromatic N) is 3. The Kier molecular flexibility index (Phi) is 6.23. The average molecular weight is 402 g/mol. The molecule has 1 N–H and O–H groups in total. The van der Waals surface area contributed by atoms with Crippen molar-refractivity contribution in [1.82, 2.24) is 9.97 Å². The molecule has 6 heteroatoms. The van der Waals surface area contributed by atoms with Crippen molar-refractivity contribution >= 4 is 17.5 Å². The van der Waals surface area contributed by atoms with Gasteiger partial charge in [-0.15, -0.1) is 0 Å². The summed E-state index contributed by atoms with van der Waals surface area (Å²) in [6.45, 7) is 4.08. The summed E-state index contributed by atoms with van der Waals surface area (Å²) in [7, 11) is 0. The van der Waals surface area contributed by atoms with Crippen LogP contribution in [0.15, 0.2) is 67.0 Å². The molecule has 1 aromatic heterocycles. The van der Waals surface area contributed by atoms with Crippen LogP contribution in [0.25, 0.3) is 0 Å². The Morgan fingerprint density at radius 2 is 1.80 bits per heavy atom. The Balaban J connectivity index is 1.30. The molecular formula is C24H26N4O2. The van der Waals surface area contributed by atoms with Crippen molar-refractivity contribution in [3.05, 3.63) is 78.1 Å². The molecular weight excluding hydrogens is 376 g/mol. The zero-order chi connectivity index (χ0) is 20.8. The first-order valence-electron chi connectivity index (χ1n) is 10.3. The lowest BCUT2D eigenvalue weighted by Gasteiger charge is -2.31. The van der Waals surface area contributed by atoms with Gasteiger partial charge in [0.25, 0.3) is 0 Å². The van der Waals surface area contributed by atoms with Gasteiger partial charge < -0.3 is 15.0 Å². The summed E-state index contributed by atoms with van der Waals surface area (Å²) in [5.74, 6) is 1.60. The maximum atomic E-state index is 12.8. The van der Waals surface area contributed by atoms with Crippen LogP contribution in [0, 0.1) is 12.8 Å². The van der Waals surface area contributed by atoms with Gasteiger partial charge in [-0.1, -0.05) is 30.3 Å². The van der Waals surface area contributed by atoms with Gasteiger partial charge in [-0.3, -0.25) is 4.79 Å². The number of nitrogens with one attached hydrogen (secondary N) is 1. The van der Waals surface area contributed by atoms with E-state index in [0.29, 0.717) is 6.61 Å². The van der Waals surface area contributed by atoms with Crippen molar-refractivity contribution in [2.75, 3.05) is 23.3 Å². The van der Waals surface area contributed by atoms with Crippen LogP contribution >= 0.6 is 0 Å². The SMILES string of the molecule is Cc1cc(OCc2ccccc2)ccc1NC(=O)C1CCN(c2ncccn2)CC1. The molecule has 0 unspecified atom stereocenters. The first-order valence-corrected chi connectivity index (χ1v) is 10.3. The minimum Gasteiger partial charge on any atom is -0.489 e. The summed E-state index contributed by atoms with van der Waals surface area (Å²) in [5, 5.41) is 3.09. The summed E-state index contributed by atoms with van der Waals surface area (Å²) in [4.78, 5) is 23.5. The minimum atomic E-state index is -0.00151. The normalized spacial score (nSPS) is 14.4. The summed E-state index contributed by atoms with van der Waals surface area (Å²) in [5.41, 5.74) is 2.95. The Morgan fingerprint density at radius 1 is 1.07 bits per heavy atom. The highest BCUT2D eigenvalue weighted by atomic mass is 16.5. The van der Waals surface area contributed by atoms with Crippen LogP contribution in [0.2, 0.25) is 0 Å². The van der Waals surface area contributed by atoms with E-state index in [4.69, 9.17) is 4.74 Å². The van der Waals surface area contributed by atoms with E-state index in [-0.39, 0.29) is 11.8 Å². The summed E-state index contributed by atoms with van der Waals surface area (Å²) in [6, 6.07) is 17.7. The lowest BCUT2D eigenvalue weighted by molar-refractivity contribution is -0.120. The number of aromatic nitrogens is 2. The Hall–Kier alpha value is -3.41. The van der Waals surface area contributed by atoms with E-state index in [1.165, 1.54) is 0 Å². The van der Waals surface area contributed by atoms with Crippen LogP contribution in [0.5, 0.6) is 5.75 Å². The maximum absolute atomic E-state index is 12.8. The van der Waals surface area contributed by atoms with Crippen LogP contribution < -0.4 is 15.0 Å². The van der Waals surface area contributed by atoms with Crippen molar-refractivity contribution in [2.24, 2.45) is 5.92 Å². The van der Waals surface area contributed by atoms with Gasteiger partial charge in [0.1, 0.15) is 12.4 Å². The third kappa shape index (κ3) is 4.95. The minimum absolute atomic E-state index is 0.00151. The molecule has 154 valence electrons. The molecule has 1 amide bonds. The van der Waals surface area contributed by atoms with Gasteiger partial charge in [0.15, 0.2) is 0 Å². The number of carbonyl (C=O) groups is 1. The van der Waals surface area contributed by atoms with Crippen LogP contribution in [-0.2, 0) is 11.4 Å². The number of aryl methyl sites for hydroxylation is 1. The molecule has 0 spiro atoms. The zero-order valence-electron chi connectivity index (χ0n) is 17.1. The highest BCUT2D eigenvalue weighted by Crippen LogP contribution is 2.25. The second kappa shape index (κ2) is 9.39. The Labute approximate surface area is 176 Å². The fourth-order valence-electron chi connectivity index (χ4n) is 3.64. The molecule has 1 saturated heterocycles. The van der Waals surface area contributed by atoms with Gasteiger partial charge in [-0.25, -0.2) is 9.97 Å². The molecule has 2 aromatic carbocycles. The molecule has 0 radical (unpaired) electrons. The highest BCUT2D eigenvalue weighted by molar-refractivity contribution is 5.93. The quantitative estimate of drug-likeness (QED) is 0.669. The number of rotatable bonds is 6. The number of hydrogen-bond acceptors (Lipinski definition) is 5. The summed E-state index contributed by atoms with van der Waals surface area (Å²) < 4.78 is 5.87. The summed E-state index contributed by atoms with van der Waals surface area (Å²) in [6.07, 6.45) is 5.08. The molecule has 30 heavy (non-hydrogen) atoms. The van der Waals surface area contributed by atoms with Crippen molar-refractivity contribution in [2.45, 2.75) is 26.4 Å². The molecule has 6 nitrogen and oxygen atoms in total. The third-order valence-electron chi connectivity index (χ3n) is 5.40. The van der Waals surface area contributed by atoms with Crippen molar-refractivity contribution in [1.29, 1.82) is 0 Å². The van der Waals surface area contributed by atoms with E-state index in [2.05, 4.69) is 20.2 Å². The van der Waals surface area contributed by atoms with E-state index in [1.807, 2.05) is 61.5 Å². The number of amides is 1. The van der Waals surface area contributed by atoms with Gasteiger partial charge in [0, 0.05) is 37.1 Å². The number of carbonyl (C=O) groups excluding carboxylic acids is 1. The molecule has 0 saturated carbocycles. The van der Waals surface area contributed by atoms with Crippen molar-refractivity contribution in [3.8, 4) is 5.75 Å². The van der Waals surface area contributed by atoms with Gasteiger partial charge >= 0.3 is 0 Å². The molecule has 2 heterocycles. The molecule has 4 rings (SSSR count). The van der Waals surface area contributed by atoms with Gasteiger partial charge in [-0.2, -0.15) is 0 Å². The smallest absolute Gasteiger partial charge is 0.227 e.